The topological polar surface area (TPSA) is 66.9 Å². The zero-order chi connectivity index (χ0) is 18.4. The Morgan fingerprint density at radius 3 is 2.38 bits per heavy atom. The number of amides is 1. The lowest BCUT2D eigenvalue weighted by Gasteiger charge is -2.08. The number of hydrogen-bond acceptors (Lipinski definition) is 4. The third-order valence-electron chi connectivity index (χ3n) is 3.93. The predicted molar refractivity (Wildman–Crippen MR) is 105 cm³/mol. The molecule has 0 bridgehead atoms. The number of nitrogens with one attached hydrogen (secondary N) is 2. The van der Waals surface area contributed by atoms with Crippen LogP contribution in [0.1, 0.15) is 28.4 Å². The SMILES string of the molecule is CCc1ccc(NC(=O)c2cnc(NCc3ccccc3Cl)nc2)cc1. The number of anilines is 2. The molecule has 3 aromatic rings. The largest absolute Gasteiger partial charge is 0.350 e. The van der Waals surface area contributed by atoms with Crippen molar-refractivity contribution in [2.45, 2.75) is 19.9 Å². The van der Waals surface area contributed by atoms with Crippen molar-refractivity contribution in [3.8, 4) is 0 Å². The van der Waals surface area contributed by atoms with Crippen LogP contribution in [0.5, 0.6) is 0 Å². The van der Waals surface area contributed by atoms with Crippen LogP contribution in [-0.4, -0.2) is 15.9 Å². The van der Waals surface area contributed by atoms with E-state index in [2.05, 4.69) is 27.5 Å². The average Bonchev–Trinajstić information content (AvgIpc) is 2.68. The lowest BCUT2D eigenvalue weighted by molar-refractivity contribution is 0.102. The minimum Gasteiger partial charge on any atom is -0.350 e. The molecule has 0 unspecified atom stereocenters. The molecular formula is C20H19ClN4O. The van der Waals surface area contributed by atoms with E-state index in [0.717, 1.165) is 17.7 Å². The molecule has 2 aromatic carbocycles. The average molecular weight is 367 g/mol. The molecule has 3 rings (SSSR count). The van der Waals surface area contributed by atoms with E-state index in [-0.39, 0.29) is 5.91 Å². The second-order valence-corrected chi connectivity index (χ2v) is 6.15. The fraction of sp³-hybridized carbons (Fsp3) is 0.150. The fourth-order valence-corrected chi connectivity index (χ4v) is 2.58. The second-order valence-electron chi connectivity index (χ2n) is 5.74. The molecule has 5 nitrogen and oxygen atoms in total. The zero-order valence-corrected chi connectivity index (χ0v) is 15.1. The second kappa shape index (κ2) is 8.45. The summed E-state index contributed by atoms with van der Waals surface area (Å²) in [5.74, 6) is 0.195. The Labute approximate surface area is 157 Å². The van der Waals surface area contributed by atoms with E-state index < -0.39 is 0 Å². The maximum Gasteiger partial charge on any atom is 0.258 e. The van der Waals surface area contributed by atoms with Crippen LogP contribution in [0.2, 0.25) is 5.02 Å². The van der Waals surface area contributed by atoms with Crippen LogP contribution in [0.4, 0.5) is 11.6 Å². The monoisotopic (exact) mass is 366 g/mol. The molecule has 0 saturated heterocycles. The highest BCUT2D eigenvalue weighted by molar-refractivity contribution is 6.31. The lowest BCUT2D eigenvalue weighted by atomic mass is 10.1. The summed E-state index contributed by atoms with van der Waals surface area (Å²) >= 11 is 6.12. The van der Waals surface area contributed by atoms with Crippen LogP contribution in [-0.2, 0) is 13.0 Å². The molecule has 1 amide bonds. The Morgan fingerprint density at radius 1 is 1.04 bits per heavy atom. The molecule has 0 aliphatic rings. The van der Waals surface area contributed by atoms with Crippen molar-refractivity contribution in [3.05, 3.63) is 82.6 Å². The van der Waals surface area contributed by atoms with Gasteiger partial charge in [-0.1, -0.05) is 48.9 Å². The van der Waals surface area contributed by atoms with Gasteiger partial charge in [-0.15, -0.1) is 0 Å². The van der Waals surface area contributed by atoms with Crippen molar-refractivity contribution >= 4 is 29.1 Å². The van der Waals surface area contributed by atoms with Gasteiger partial charge >= 0.3 is 0 Å². The number of halogens is 1. The van der Waals surface area contributed by atoms with E-state index in [4.69, 9.17) is 11.6 Å². The van der Waals surface area contributed by atoms with E-state index in [1.807, 2.05) is 48.5 Å². The first-order valence-corrected chi connectivity index (χ1v) is 8.73. The van der Waals surface area contributed by atoms with Gasteiger partial charge in [-0.05, 0) is 35.7 Å². The molecule has 6 heteroatoms. The molecule has 1 heterocycles. The molecule has 0 aliphatic heterocycles. The Hall–Kier alpha value is -2.92. The van der Waals surface area contributed by atoms with Crippen LogP contribution in [0.15, 0.2) is 60.9 Å². The van der Waals surface area contributed by atoms with Crippen LogP contribution >= 0.6 is 11.6 Å². The summed E-state index contributed by atoms with van der Waals surface area (Å²) in [4.78, 5) is 20.6. The van der Waals surface area contributed by atoms with Gasteiger partial charge in [-0.3, -0.25) is 4.79 Å². The van der Waals surface area contributed by atoms with E-state index in [9.17, 15) is 4.79 Å². The van der Waals surface area contributed by atoms with Gasteiger partial charge in [-0.2, -0.15) is 0 Å². The summed E-state index contributed by atoms with van der Waals surface area (Å²) in [5, 5.41) is 6.61. The molecule has 0 fully saturated rings. The van der Waals surface area contributed by atoms with Gasteiger partial charge in [-0.25, -0.2) is 9.97 Å². The first kappa shape index (κ1) is 17.9. The molecule has 0 aliphatic carbocycles. The molecule has 2 N–H and O–H groups in total. The number of nitrogens with zero attached hydrogens (tertiary/aromatic N) is 2. The number of aromatic nitrogens is 2. The van der Waals surface area contributed by atoms with Crippen molar-refractivity contribution in [1.29, 1.82) is 0 Å². The molecule has 26 heavy (non-hydrogen) atoms. The highest BCUT2D eigenvalue weighted by atomic mass is 35.5. The van der Waals surface area contributed by atoms with E-state index in [0.29, 0.717) is 23.1 Å². The number of aryl methyl sites for hydroxylation is 1. The van der Waals surface area contributed by atoms with Crippen LogP contribution in [0, 0.1) is 0 Å². The number of hydrogen-bond donors (Lipinski definition) is 2. The zero-order valence-electron chi connectivity index (χ0n) is 14.4. The Bertz CT molecular complexity index is 879. The Kier molecular flexibility index (Phi) is 5.81. The quantitative estimate of drug-likeness (QED) is 0.671. The molecule has 0 atom stereocenters. The van der Waals surface area contributed by atoms with Gasteiger partial charge in [0.2, 0.25) is 5.95 Å². The smallest absolute Gasteiger partial charge is 0.258 e. The van der Waals surface area contributed by atoms with Crippen molar-refractivity contribution in [2.24, 2.45) is 0 Å². The maximum absolute atomic E-state index is 12.3. The highest BCUT2D eigenvalue weighted by Gasteiger charge is 2.08. The van der Waals surface area contributed by atoms with Crippen molar-refractivity contribution in [1.82, 2.24) is 9.97 Å². The summed E-state index contributed by atoms with van der Waals surface area (Å²) in [5.41, 5.74) is 3.32. The van der Waals surface area contributed by atoms with Crippen LogP contribution < -0.4 is 10.6 Å². The van der Waals surface area contributed by atoms with Crippen molar-refractivity contribution in [3.63, 3.8) is 0 Å². The first-order chi connectivity index (χ1) is 12.7. The van der Waals surface area contributed by atoms with E-state index in [1.54, 1.807) is 0 Å². The van der Waals surface area contributed by atoms with Crippen LogP contribution in [0.3, 0.4) is 0 Å². The summed E-state index contributed by atoms with van der Waals surface area (Å²) in [7, 11) is 0. The van der Waals surface area contributed by atoms with Crippen molar-refractivity contribution < 1.29 is 4.79 Å². The third kappa shape index (κ3) is 4.58. The molecule has 1 aromatic heterocycles. The number of carbonyl (C=O) groups is 1. The molecule has 0 spiro atoms. The Morgan fingerprint density at radius 2 is 1.73 bits per heavy atom. The minimum absolute atomic E-state index is 0.244. The van der Waals surface area contributed by atoms with Gasteiger partial charge in [0, 0.05) is 29.6 Å². The lowest BCUT2D eigenvalue weighted by Crippen LogP contribution is -2.13. The highest BCUT2D eigenvalue weighted by Crippen LogP contribution is 2.16. The van der Waals surface area contributed by atoms with Gasteiger partial charge in [0.25, 0.3) is 5.91 Å². The number of carbonyl (C=O) groups excluding carboxylic acids is 1. The molecule has 0 saturated carbocycles. The standard InChI is InChI=1S/C20H19ClN4O/c1-2-14-7-9-17(10-8-14)25-19(26)16-12-23-20(24-13-16)22-11-15-5-3-4-6-18(15)21/h3-10,12-13H,2,11H2,1H3,(H,25,26)(H,22,23,24). The van der Waals surface area contributed by atoms with Gasteiger partial charge in [0.1, 0.15) is 0 Å². The summed E-state index contributed by atoms with van der Waals surface area (Å²) in [6, 6.07) is 15.3. The van der Waals surface area contributed by atoms with E-state index in [1.165, 1.54) is 18.0 Å². The minimum atomic E-state index is -0.244. The normalized spacial score (nSPS) is 10.4. The van der Waals surface area contributed by atoms with Crippen molar-refractivity contribution in [2.75, 3.05) is 10.6 Å². The Balaban J connectivity index is 1.59. The van der Waals surface area contributed by atoms with E-state index >= 15 is 0 Å². The summed E-state index contributed by atoms with van der Waals surface area (Å²) in [6.45, 7) is 2.60. The van der Waals surface area contributed by atoms with Crippen LogP contribution in [0.25, 0.3) is 0 Å². The molecule has 0 radical (unpaired) electrons. The maximum atomic E-state index is 12.3. The molecular weight excluding hydrogens is 348 g/mol. The van der Waals surface area contributed by atoms with Gasteiger partial charge in [0.05, 0.1) is 5.56 Å². The fourth-order valence-electron chi connectivity index (χ4n) is 2.38. The third-order valence-corrected chi connectivity index (χ3v) is 4.30. The van der Waals surface area contributed by atoms with Gasteiger partial charge in [0.15, 0.2) is 0 Å². The number of benzene rings is 2. The first-order valence-electron chi connectivity index (χ1n) is 8.35. The molecule has 132 valence electrons. The summed E-state index contributed by atoms with van der Waals surface area (Å²) < 4.78 is 0. The number of rotatable bonds is 6. The summed E-state index contributed by atoms with van der Waals surface area (Å²) in [6.07, 6.45) is 3.96. The van der Waals surface area contributed by atoms with Gasteiger partial charge < -0.3 is 10.6 Å². The predicted octanol–water partition coefficient (Wildman–Crippen LogP) is 4.56.